The number of thiophene rings is 1. The molecule has 184 valence electrons. The summed E-state index contributed by atoms with van der Waals surface area (Å²) >= 11 is 3.32. The van der Waals surface area contributed by atoms with Crippen molar-refractivity contribution in [2.24, 2.45) is 0 Å². The highest BCUT2D eigenvalue weighted by Crippen LogP contribution is 2.43. The molecule has 2 aliphatic rings. The van der Waals surface area contributed by atoms with Gasteiger partial charge in [0.1, 0.15) is 23.7 Å². The molecule has 0 amide bonds. The zero-order valence-electron chi connectivity index (χ0n) is 20.9. The summed E-state index contributed by atoms with van der Waals surface area (Å²) in [5.74, 6) is 1.29. The van der Waals surface area contributed by atoms with Gasteiger partial charge in [0, 0.05) is 30.3 Å². The van der Waals surface area contributed by atoms with Crippen LogP contribution in [0.3, 0.4) is 0 Å². The molecule has 0 unspecified atom stereocenters. The lowest BCUT2D eigenvalue weighted by atomic mass is 9.87. The second-order valence-electron chi connectivity index (χ2n) is 10.2. The van der Waals surface area contributed by atoms with Gasteiger partial charge in [-0.15, -0.1) is 11.3 Å². The van der Waals surface area contributed by atoms with Crippen LogP contribution in [0.4, 0.5) is 5.82 Å². The number of aromatic nitrogens is 3. The van der Waals surface area contributed by atoms with Crippen molar-refractivity contribution in [1.82, 2.24) is 15.0 Å². The lowest BCUT2D eigenvalue weighted by Gasteiger charge is -2.33. The van der Waals surface area contributed by atoms with Crippen LogP contribution in [0.15, 0.2) is 5.16 Å². The summed E-state index contributed by atoms with van der Waals surface area (Å²) in [5, 5.41) is 5.66. The Bertz CT molecular complexity index is 1190. The SMILES string of the molecule is CSc1nc(NCCC[NH+]2CCOCC2)c2sc3nc(C(C)C)c4c(c3c2n1)CC(C)(C)OC4. The predicted octanol–water partition coefficient (Wildman–Crippen LogP) is 3.65. The molecule has 1 saturated heterocycles. The van der Waals surface area contributed by atoms with Crippen LogP contribution in [0, 0.1) is 0 Å². The minimum Gasteiger partial charge on any atom is -0.370 e. The summed E-state index contributed by atoms with van der Waals surface area (Å²) in [5.41, 5.74) is 4.63. The molecule has 3 aromatic heterocycles. The number of pyridine rings is 1. The van der Waals surface area contributed by atoms with Gasteiger partial charge in [0.15, 0.2) is 5.16 Å². The number of hydrogen-bond acceptors (Lipinski definition) is 8. The third-order valence-electron chi connectivity index (χ3n) is 6.83. The number of thioether (sulfide) groups is 1. The molecule has 0 spiro atoms. The summed E-state index contributed by atoms with van der Waals surface area (Å²) in [6, 6.07) is 0. The van der Waals surface area contributed by atoms with Crippen molar-refractivity contribution in [3.63, 3.8) is 0 Å². The standard InChI is InChI=1S/C25H35N5O2S2/c1-15(2)19-17-14-32-25(3,4)13-16(17)18-20-21(34-23(18)27-19)22(29-24(28-20)33-5)26-7-6-8-30-9-11-31-12-10-30/h15H,6-14H2,1-5H3,(H,26,28,29)/p+1. The molecule has 5 rings (SSSR count). The Morgan fingerprint density at radius 1 is 1.15 bits per heavy atom. The average molecular weight is 503 g/mol. The highest BCUT2D eigenvalue weighted by Gasteiger charge is 2.32. The first kappa shape index (κ1) is 24.2. The zero-order chi connectivity index (χ0) is 23.9. The number of hydrogen-bond donors (Lipinski definition) is 2. The lowest BCUT2D eigenvalue weighted by Crippen LogP contribution is -3.14. The maximum Gasteiger partial charge on any atom is 0.189 e. The monoisotopic (exact) mass is 502 g/mol. The van der Waals surface area contributed by atoms with E-state index in [1.54, 1.807) is 28.0 Å². The molecule has 0 bridgehead atoms. The largest absolute Gasteiger partial charge is 0.370 e. The first-order chi connectivity index (χ1) is 16.4. The van der Waals surface area contributed by atoms with Crippen molar-refractivity contribution < 1.29 is 14.4 Å². The van der Waals surface area contributed by atoms with Crippen LogP contribution in [0.25, 0.3) is 20.4 Å². The molecule has 9 heteroatoms. The lowest BCUT2D eigenvalue weighted by molar-refractivity contribution is -0.908. The van der Waals surface area contributed by atoms with Crippen LogP contribution < -0.4 is 10.2 Å². The topological polar surface area (TPSA) is 73.6 Å². The molecule has 0 aliphatic carbocycles. The normalized spacial score (nSPS) is 18.6. The van der Waals surface area contributed by atoms with Crippen molar-refractivity contribution >= 4 is 49.3 Å². The van der Waals surface area contributed by atoms with Gasteiger partial charge in [0.2, 0.25) is 0 Å². The van der Waals surface area contributed by atoms with E-state index < -0.39 is 0 Å². The minimum atomic E-state index is -0.192. The van der Waals surface area contributed by atoms with Gasteiger partial charge in [-0.3, -0.25) is 0 Å². The fourth-order valence-electron chi connectivity index (χ4n) is 5.02. The van der Waals surface area contributed by atoms with Gasteiger partial charge in [-0.25, -0.2) is 15.0 Å². The third-order valence-corrected chi connectivity index (χ3v) is 8.46. The Kier molecular flexibility index (Phi) is 7.01. The van der Waals surface area contributed by atoms with Crippen LogP contribution in [0.5, 0.6) is 0 Å². The fraction of sp³-hybridized carbons (Fsp3) is 0.640. The van der Waals surface area contributed by atoms with E-state index in [0.29, 0.717) is 12.5 Å². The summed E-state index contributed by atoms with van der Waals surface area (Å²) in [4.78, 5) is 17.7. The van der Waals surface area contributed by atoms with Crippen molar-refractivity contribution in [1.29, 1.82) is 0 Å². The maximum atomic E-state index is 6.21. The first-order valence-electron chi connectivity index (χ1n) is 12.4. The Balaban J connectivity index is 1.53. The number of nitrogens with one attached hydrogen (secondary N) is 2. The Morgan fingerprint density at radius 2 is 1.94 bits per heavy atom. The van der Waals surface area contributed by atoms with Crippen LogP contribution >= 0.6 is 23.1 Å². The Hall–Kier alpha value is -1.52. The van der Waals surface area contributed by atoms with E-state index in [1.165, 1.54) is 16.5 Å². The Labute approximate surface area is 210 Å². The molecule has 5 heterocycles. The van der Waals surface area contributed by atoms with E-state index in [1.807, 2.05) is 6.26 Å². The van der Waals surface area contributed by atoms with Gasteiger partial charge in [-0.2, -0.15) is 0 Å². The summed E-state index contributed by atoms with van der Waals surface area (Å²) < 4.78 is 12.8. The molecule has 0 radical (unpaired) electrons. The molecule has 0 aromatic carbocycles. The predicted molar refractivity (Wildman–Crippen MR) is 141 cm³/mol. The van der Waals surface area contributed by atoms with E-state index in [2.05, 4.69) is 33.0 Å². The summed E-state index contributed by atoms with van der Waals surface area (Å²) in [6.07, 6.45) is 4.02. The zero-order valence-corrected chi connectivity index (χ0v) is 22.5. The van der Waals surface area contributed by atoms with Crippen molar-refractivity contribution in [3.05, 3.63) is 16.8 Å². The van der Waals surface area contributed by atoms with Crippen LogP contribution in [0.1, 0.15) is 56.9 Å². The molecular formula is C25H36N5O2S2+. The number of ether oxygens (including phenoxy) is 2. The number of rotatable bonds is 7. The van der Waals surface area contributed by atoms with Gasteiger partial charge in [0.25, 0.3) is 0 Å². The van der Waals surface area contributed by atoms with Crippen molar-refractivity contribution in [2.45, 2.75) is 63.8 Å². The van der Waals surface area contributed by atoms with Gasteiger partial charge < -0.3 is 19.7 Å². The van der Waals surface area contributed by atoms with Gasteiger partial charge in [0.05, 0.1) is 47.9 Å². The molecule has 3 aromatic rings. The second kappa shape index (κ2) is 9.85. The van der Waals surface area contributed by atoms with E-state index in [0.717, 1.165) is 83.9 Å². The second-order valence-corrected chi connectivity index (χ2v) is 12.0. The Morgan fingerprint density at radius 3 is 2.68 bits per heavy atom. The average Bonchev–Trinajstić information content (AvgIpc) is 3.20. The van der Waals surface area contributed by atoms with Crippen LogP contribution in [0.2, 0.25) is 0 Å². The maximum absolute atomic E-state index is 6.21. The number of nitrogens with zero attached hydrogens (tertiary/aromatic N) is 3. The quantitative estimate of drug-likeness (QED) is 0.290. The number of quaternary nitrogens is 1. The molecular weight excluding hydrogens is 466 g/mol. The number of anilines is 1. The van der Waals surface area contributed by atoms with E-state index in [-0.39, 0.29) is 5.60 Å². The molecule has 7 nitrogen and oxygen atoms in total. The first-order valence-corrected chi connectivity index (χ1v) is 14.4. The molecule has 0 atom stereocenters. The summed E-state index contributed by atoms with van der Waals surface area (Å²) in [6.45, 7) is 15.5. The van der Waals surface area contributed by atoms with Crippen molar-refractivity contribution in [2.75, 3.05) is 51.0 Å². The fourth-order valence-corrected chi connectivity index (χ4v) is 6.51. The van der Waals surface area contributed by atoms with Gasteiger partial charge >= 0.3 is 0 Å². The molecule has 34 heavy (non-hydrogen) atoms. The van der Waals surface area contributed by atoms with Crippen LogP contribution in [-0.4, -0.2) is 66.2 Å². The van der Waals surface area contributed by atoms with E-state index >= 15 is 0 Å². The molecule has 0 saturated carbocycles. The van der Waals surface area contributed by atoms with E-state index in [9.17, 15) is 0 Å². The molecule has 2 N–H and O–H groups in total. The molecule has 1 fully saturated rings. The molecule has 2 aliphatic heterocycles. The van der Waals surface area contributed by atoms with Crippen molar-refractivity contribution in [3.8, 4) is 0 Å². The smallest absolute Gasteiger partial charge is 0.189 e. The van der Waals surface area contributed by atoms with Gasteiger partial charge in [-0.05, 0) is 31.6 Å². The highest BCUT2D eigenvalue weighted by atomic mass is 32.2. The number of morpholine rings is 1. The van der Waals surface area contributed by atoms with Gasteiger partial charge in [-0.1, -0.05) is 25.6 Å². The summed E-state index contributed by atoms with van der Waals surface area (Å²) in [7, 11) is 0. The number of fused-ring (bicyclic) bond motifs is 5. The third kappa shape index (κ3) is 4.78. The van der Waals surface area contributed by atoms with E-state index in [4.69, 9.17) is 24.4 Å². The van der Waals surface area contributed by atoms with Crippen LogP contribution in [-0.2, 0) is 22.5 Å². The minimum absolute atomic E-state index is 0.192. The highest BCUT2D eigenvalue weighted by molar-refractivity contribution is 7.98.